The van der Waals surface area contributed by atoms with E-state index in [0.29, 0.717) is 4.47 Å². The maximum atomic E-state index is 11.9. The molecule has 1 aromatic rings. The molecule has 0 spiro atoms. The number of hydrogen-bond donors (Lipinski definition) is 2. The molecule has 17 heavy (non-hydrogen) atoms. The third-order valence-electron chi connectivity index (χ3n) is 1.95. The fourth-order valence-corrected chi connectivity index (χ4v) is 3.36. The van der Waals surface area contributed by atoms with Crippen molar-refractivity contribution in [1.82, 2.24) is 4.72 Å². The van der Waals surface area contributed by atoms with E-state index in [2.05, 4.69) is 20.7 Å². The summed E-state index contributed by atoms with van der Waals surface area (Å²) in [7, 11) is -4.68. The molecule has 0 heterocycles. The number of hydrogen-bond acceptors (Lipinski definition) is 4. The van der Waals surface area contributed by atoms with Gasteiger partial charge in [0.2, 0.25) is 10.0 Å². The summed E-state index contributed by atoms with van der Waals surface area (Å²) in [6.45, 7) is 0.122. The monoisotopic (exact) mass is 340 g/mol. The lowest BCUT2D eigenvalue weighted by atomic mass is 10.3. The van der Waals surface area contributed by atoms with Gasteiger partial charge >= 0.3 is 0 Å². The van der Waals surface area contributed by atoms with Crippen LogP contribution < -0.4 is 10.5 Å². The molecule has 0 aliphatic carbocycles. The minimum atomic E-state index is -3.65. The normalized spacial score (nSPS) is 13.5. The van der Waals surface area contributed by atoms with E-state index in [1.165, 1.54) is 18.4 Å². The zero-order valence-corrected chi connectivity index (χ0v) is 12.4. The summed E-state index contributed by atoms with van der Waals surface area (Å²) in [5.74, 6) is 0.271. The number of nitrogens with one attached hydrogen (secondary N) is 1. The second kappa shape index (κ2) is 5.94. The molecule has 0 fully saturated rings. The lowest BCUT2D eigenvalue weighted by Gasteiger charge is -2.08. The predicted molar refractivity (Wildman–Crippen MR) is 72.7 cm³/mol. The lowest BCUT2D eigenvalue weighted by molar-refractivity contribution is 0.584. The van der Waals surface area contributed by atoms with Gasteiger partial charge in [-0.25, -0.2) is 13.1 Å². The first-order valence-corrected chi connectivity index (χ1v) is 8.68. The average molecular weight is 341 g/mol. The maximum Gasteiger partial charge on any atom is 0.242 e. The highest BCUT2D eigenvalue weighted by Crippen LogP contribution is 2.22. The largest absolute Gasteiger partial charge is 0.398 e. The molecule has 0 radical (unpaired) electrons. The number of nitrogen functional groups attached to an aromatic ring is 1. The summed E-state index contributed by atoms with van der Waals surface area (Å²) in [4.78, 5) is 0.0220. The Kier molecular flexibility index (Phi) is 5.11. The van der Waals surface area contributed by atoms with E-state index in [4.69, 9.17) is 5.73 Å². The minimum Gasteiger partial charge on any atom is -0.398 e. The van der Waals surface area contributed by atoms with E-state index in [1.807, 2.05) is 0 Å². The van der Waals surface area contributed by atoms with E-state index in [0.717, 1.165) is 0 Å². The molecule has 0 aliphatic heterocycles. The van der Waals surface area contributed by atoms with Gasteiger partial charge in [0.15, 0.2) is 0 Å². The zero-order chi connectivity index (χ0) is 13.1. The van der Waals surface area contributed by atoms with Crippen molar-refractivity contribution in [1.29, 1.82) is 0 Å². The average Bonchev–Trinajstić information content (AvgIpc) is 2.20. The van der Waals surface area contributed by atoms with Gasteiger partial charge in [-0.1, -0.05) is 15.9 Å². The highest BCUT2D eigenvalue weighted by molar-refractivity contribution is 9.10. The van der Waals surface area contributed by atoms with Crippen LogP contribution in [0.25, 0.3) is 0 Å². The van der Waals surface area contributed by atoms with E-state index < -0.39 is 20.8 Å². The number of benzene rings is 1. The SMILES string of the molecule is CS(=O)CCNS(=O)(=O)c1cc(Br)ccc1N. The summed E-state index contributed by atoms with van der Waals surface area (Å²) in [6.07, 6.45) is 1.52. The molecule has 5 nitrogen and oxygen atoms in total. The number of rotatable bonds is 5. The maximum absolute atomic E-state index is 11.9. The number of halogens is 1. The van der Waals surface area contributed by atoms with Crippen LogP contribution >= 0.6 is 15.9 Å². The molecular weight excluding hydrogens is 328 g/mol. The Balaban J connectivity index is 2.89. The van der Waals surface area contributed by atoms with Gasteiger partial charge in [0.05, 0.1) is 5.69 Å². The first kappa shape index (κ1) is 14.6. The Labute approximate surface area is 111 Å². The van der Waals surface area contributed by atoms with Crippen LogP contribution in [0.15, 0.2) is 27.6 Å². The lowest BCUT2D eigenvalue weighted by Crippen LogP contribution is -2.28. The summed E-state index contributed by atoms with van der Waals surface area (Å²) in [5, 5.41) is 0. The smallest absolute Gasteiger partial charge is 0.242 e. The predicted octanol–water partition coefficient (Wildman–Crippen LogP) is 0.688. The molecular formula is C9H13BrN2O3S2. The fourth-order valence-electron chi connectivity index (χ4n) is 1.14. The molecule has 1 rings (SSSR count). The molecule has 0 aromatic heterocycles. The van der Waals surface area contributed by atoms with E-state index in [9.17, 15) is 12.6 Å². The van der Waals surface area contributed by atoms with E-state index >= 15 is 0 Å². The summed E-state index contributed by atoms with van der Waals surface area (Å²) in [6, 6.07) is 4.60. The molecule has 0 aliphatic rings. The quantitative estimate of drug-likeness (QED) is 0.771. The fraction of sp³-hybridized carbons (Fsp3) is 0.333. The number of sulfonamides is 1. The zero-order valence-electron chi connectivity index (χ0n) is 9.14. The summed E-state index contributed by atoms with van der Waals surface area (Å²) >= 11 is 3.18. The van der Waals surface area contributed by atoms with Gasteiger partial charge in [0.1, 0.15) is 4.90 Å². The molecule has 0 amide bonds. The van der Waals surface area contributed by atoms with E-state index in [-0.39, 0.29) is 22.9 Å². The van der Waals surface area contributed by atoms with Crippen molar-refractivity contribution in [2.45, 2.75) is 4.90 Å². The van der Waals surface area contributed by atoms with E-state index in [1.54, 1.807) is 6.07 Å². The summed E-state index contributed by atoms with van der Waals surface area (Å²) < 4.78 is 37.6. The molecule has 8 heteroatoms. The van der Waals surface area contributed by atoms with Crippen molar-refractivity contribution >= 4 is 42.4 Å². The molecule has 3 N–H and O–H groups in total. The van der Waals surface area contributed by atoms with Crippen molar-refractivity contribution in [3.8, 4) is 0 Å². The van der Waals surface area contributed by atoms with Crippen LogP contribution in [0.4, 0.5) is 5.69 Å². The van der Waals surface area contributed by atoms with Crippen LogP contribution in [0.2, 0.25) is 0 Å². The third kappa shape index (κ3) is 4.38. The highest BCUT2D eigenvalue weighted by atomic mass is 79.9. The van der Waals surface area contributed by atoms with Gasteiger partial charge in [0, 0.05) is 33.8 Å². The third-order valence-corrected chi connectivity index (χ3v) is 4.74. The van der Waals surface area contributed by atoms with Crippen molar-refractivity contribution in [3.05, 3.63) is 22.7 Å². The molecule has 0 saturated carbocycles. The Hall–Kier alpha value is -0.440. The highest BCUT2D eigenvalue weighted by Gasteiger charge is 2.17. The van der Waals surface area contributed by atoms with Crippen LogP contribution in [0.5, 0.6) is 0 Å². The first-order chi connectivity index (χ1) is 7.83. The van der Waals surface area contributed by atoms with Crippen molar-refractivity contribution < 1.29 is 12.6 Å². The van der Waals surface area contributed by atoms with Crippen molar-refractivity contribution in [2.75, 3.05) is 24.3 Å². The van der Waals surface area contributed by atoms with Crippen LogP contribution in [-0.4, -0.2) is 31.2 Å². The van der Waals surface area contributed by atoms with Crippen LogP contribution in [0.1, 0.15) is 0 Å². The second-order valence-corrected chi connectivity index (χ2v) is 7.56. The molecule has 0 bridgehead atoms. The van der Waals surface area contributed by atoms with Gasteiger partial charge in [-0.3, -0.25) is 4.21 Å². The van der Waals surface area contributed by atoms with Gasteiger partial charge in [0.25, 0.3) is 0 Å². The molecule has 1 atom stereocenters. The topological polar surface area (TPSA) is 89.3 Å². The Morgan fingerprint density at radius 1 is 1.47 bits per heavy atom. The molecule has 96 valence electrons. The Morgan fingerprint density at radius 3 is 2.71 bits per heavy atom. The molecule has 0 saturated heterocycles. The molecule has 1 unspecified atom stereocenters. The first-order valence-electron chi connectivity index (χ1n) is 4.67. The number of anilines is 1. The van der Waals surface area contributed by atoms with Crippen molar-refractivity contribution in [3.63, 3.8) is 0 Å². The summed E-state index contributed by atoms with van der Waals surface area (Å²) in [5.41, 5.74) is 5.79. The van der Waals surface area contributed by atoms with Gasteiger partial charge in [-0.15, -0.1) is 0 Å². The minimum absolute atomic E-state index is 0.0220. The number of nitrogens with two attached hydrogens (primary N) is 1. The standard InChI is InChI=1S/C9H13BrN2O3S2/c1-16(13)5-4-12-17(14,15)9-6-7(10)2-3-8(9)11/h2-3,6,12H,4-5,11H2,1H3. The van der Waals surface area contributed by atoms with Crippen LogP contribution in [0.3, 0.4) is 0 Å². The van der Waals surface area contributed by atoms with Crippen LogP contribution in [-0.2, 0) is 20.8 Å². The Bertz CT molecular complexity index is 531. The Morgan fingerprint density at radius 2 is 2.12 bits per heavy atom. The van der Waals surface area contributed by atoms with Crippen molar-refractivity contribution in [2.24, 2.45) is 0 Å². The van der Waals surface area contributed by atoms with Crippen LogP contribution in [0, 0.1) is 0 Å². The van der Waals surface area contributed by atoms with Gasteiger partial charge in [-0.2, -0.15) is 0 Å². The molecule has 1 aromatic carbocycles. The van der Waals surface area contributed by atoms with Gasteiger partial charge in [-0.05, 0) is 18.2 Å². The second-order valence-electron chi connectivity index (χ2n) is 3.36. The van der Waals surface area contributed by atoms with Gasteiger partial charge < -0.3 is 5.73 Å².